The maximum Gasteiger partial charge on any atom is 0.443 e. The first-order valence-electron chi connectivity index (χ1n) is 4.68. The molecular weight excluding hydrogens is 217 g/mol. The van der Waals surface area contributed by atoms with Crippen LogP contribution in [0.5, 0.6) is 0 Å². The van der Waals surface area contributed by atoms with E-state index < -0.39 is 23.5 Å². The van der Waals surface area contributed by atoms with Gasteiger partial charge in [-0.3, -0.25) is 0 Å². The number of hydroxylamine groups is 2. The molecule has 1 amide bonds. The molecule has 0 bridgehead atoms. The maximum atomic E-state index is 12.7. The number of ether oxygens (including phenoxy) is 1. The highest BCUT2D eigenvalue weighted by Crippen LogP contribution is 2.10. The van der Waals surface area contributed by atoms with Crippen LogP contribution < -0.4 is 0 Å². The van der Waals surface area contributed by atoms with E-state index in [1.54, 1.807) is 20.8 Å². The second-order valence-corrected chi connectivity index (χ2v) is 3.99. The Morgan fingerprint density at radius 2 is 1.81 bits per heavy atom. The van der Waals surface area contributed by atoms with Gasteiger partial charge in [0, 0.05) is 0 Å². The first-order valence-corrected chi connectivity index (χ1v) is 4.68. The summed E-state index contributed by atoms with van der Waals surface area (Å²) in [5.41, 5.74) is -0.711. The van der Waals surface area contributed by atoms with Crippen LogP contribution in [0.3, 0.4) is 0 Å². The fraction of sp³-hybridized carbons (Fsp3) is 0.600. The third-order valence-corrected chi connectivity index (χ3v) is 1.32. The number of carbonyl (C=O) groups excluding carboxylic acids is 2. The number of rotatable bonds is 1. The van der Waals surface area contributed by atoms with Crippen molar-refractivity contribution in [2.24, 2.45) is 0 Å². The lowest BCUT2D eigenvalue weighted by atomic mass is 10.2. The summed E-state index contributed by atoms with van der Waals surface area (Å²) in [6, 6.07) is 0. The first-order chi connectivity index (χ1) is 7.17. The third kappa shape index (κ3) is 5.33. The summed E-state index contributed by atoms with van der Waals surface area (Å²) in [6.45, 7) is 6.32. The lowest BCUT2D eigenvalue weighted by molar-refractivity contribution is -0.175. The van der Waals surface area contributed by atoms with Gasteiger partial charge in [-0.05, 0) is 33.8 Å². The van der Waals surface area contributed by atoms with Crippen LogP contribution >= 0.6 is 0 Å². The predicted octanol–water partition coefficient (Wildman–Crippen LogP) is 2.18. The number of amides is 1. The summed E-state index contributed by atoms with van der Waals surface area (Å²) >= 11 is 0. The molecule has 0 saturated heterocycles. The van der Waals surface area contributed by atoms with Gasteiger partial charge in [-0.25, -0.2) is 9.59 Å². The fourth-order valence-electron chi connectivity index (χ4n) is 0.649. The molecule has 0 atom stereocenters. The smallest absolute Gasteiger partial charge is 0.442 e. The molecule has 0 aromatic rings. The Bertz CT molecular complexity index is 306. The van der Waals surface area contributed by atoms with Gasteiger partial charge in [-0.2, -0.15) is 4.39 Å². The van der Waals surface area contributed by atoms with Crippen LogP contribution in [0.25, 0.3) is 0 Å². The lowest BCUT2D eigenvalue weighted by Gasteiger charge is -2.23. The Labute approximate surface area is 93.8 Å². The Balaban J connectivity index is 4.32. The predicted molar refractivity (Wildman–Crippen MR) is 55.0 cm³/mol. The van der Waals surface area contributed by atoms with Crippen LogP contribution in [0.4, 0.5) is 9.18 Å². The number of halogens is 1. The van der Waals surface area contributed by atoms with Crippen LogP contribution in [-0.2, 0) is 14.4 Å². The molecule has 6 heteroatoms. The molecule has 0 heterocycles. The average Bonchev–Trinajstić information content (AvgIpc) is 2.13. The molecule has 0 aliphatic carbocycles. The summed E-state index contributed by atoms with van der Waals surface area (Å²) in [5, 5.41) is 0.538. The standard InChI is InChI=1S/C10H16FNO4/c1-6-7(11)8(13)16-12(5)9(14)15-10(2,3)4/h6H,1-5H3/b7-6+. The second-order valence-electron chi connectivity index (χ2n) is 3.99. The SMILES string of the molecule is C/C=C(/F)C(=O)ON(C)C(=O)OC(C)(C)C. The molecule has 0 fully saturated rings. The quantitative estimate of drug-likeness (QED) is 0.514. The Morgan fingerprint density at radius 1 is 1.31 bits per heavy atom. The molecule has 0 N–H and O–H groups in total. The molecule has 0 aromatic carbocycles. The van der Waals surface area contributed by atoms with Crippen molar-refractivity contribution < 1.29 is 23.6 Å². The third-order valence-electron chi connectivity index (χ3n) is 1.32. The number of hydrogen-bond acceptors (Lipinski definition) is 4. The molecule has 5 nitrogen and oxygen atoms in total. The van der Waals surface area contributed by atoms with E-state index in [9.17, 15) is 14.0 Å². The van der Waals surface area contributed by atoms with Gasteiger partial charge in [0.15, 0.2) is 0 Å². The zero-order valence-corrected chi connectivity index (χ0v) is 10.0. The van der Waals surface area contributed by atoms with Crippen molar-refractivity contribution in [3.63, 3.8) is 0 Å². The molecule has 0 aromatic heterocycles. The van der Waals surface area contributed by atoms with Gasteiger partial charge in [0.25, 0.3) is 0 Å². The summed E-state index contributed by atoms with van der Waals surface area (Å²) in [7, 11) is 1.16. The van der Waals surface area contributed by atoms with Gasteiger partial charge in [0.2, 0.25) is 5.83 Å². The first kappa shape index (κ1) is 14.4. The molecule has 0 rings (SSSR count). The molecule has 0 radical (unpaired) electrons. The van der Waals surface area contributed by atoms with Crippen molar-refractivity contribution >= 4 is 12.1 Å². The Kier molecular flexibility index (Phi) is 4.94. The van der Waals surface area contributed by atoms with E-state index in [1.165, 1.54) is 6.92 Å². The minimum absolute atomic E-state index is 0.538. The number of nitrogens with zero attached hydrogens (tertiary/aromatic N) is 1. The average molecular weight is 233 g/mol. The van der Waals surface area contributed by atoms with E-state index in [4.69, 9.17) is 4.74 Å². The molecule has 92 valence electrons. The summed E-state index contributed by atoms with van der Waals surface area (Å²) in [4.78, 5) is 26.6. The Morgan fingerprint density at radius 3 is 2.19 bits per heavy atom. The van der Waals surface area contributed by atoms with E-state index in [0.29, 0.717) is 5.06 Å². The molecule has 0 aliphatic heterocycles. The van der Waals surface area contributed by atoms with Gasteiger partial charge in [0.1, 0.15) is 5.60 Å². The van der Waals surface area contributed by atoms with Gasteiger partial charge in [-0.15, -0.1) is 5.06 Å². The largest absolute Gasteiger partial charge is 0.443 e. The van der Waals surface area contributed by atoms with Gasteiger partial charge >= 0.3 is 12.1 Å². The molecule has 16 heavy (non-hydrogen) atoms. The van der Waals surface area contributed by atoms with Crippen LogP contribution in [0.15, 0.2) is 11.9 Å². The topological polar surface area (TPSA) is 55.8 Å². The van der Waals surface area contributed by atoms with Crippen molar-refractivity contribution in [3.8, 4) is 0 Å². The molecule has 0 spiro atoms. The van der Waals surface area contributed by atoms with Crippen LogP contribution in [0.1, 0.15) is 27.7 Å². The minimum atomic E-state index is -1.24. The highest BCUT2D eigenvalue weighted by molar-refractivity contribution is 5.86. The molecular formula is C10H16FNO4. The summed E-state index contributed by atoms with van der Waals surface area (Å²) in [6.07, 6.45) is 0.0652. The van der Waals surface area contributed by atoms with Crippen LogP contribution in [0, 0.1) is 0 Å². The monoisotopic (exact) mass is 233 g/mol. The zero-order valence-electron chi connectivity index (χ0n) is 10.0. The molecule has 0 unspecified atom stereocenters. The van der Waals surface area contributed by atoms with Crippen LogP contribution in [-0.4, -0.2) is 29.8 Å². The van der Waals surface area contributed by atoms with Gasteiger partial charge < -0.3 is 9.57 Å². The zero-order chi connectivity index (χ0) is 12.9. The maximum absolute atomic E-state index is 12.7. The van der Waals surface area contributed by atoms with E-state index in [1.807, 2.05) is 0 Å². The molecule has 0 aliphatic rings. The number of allylic oxidation sites excluding steroid dienone is 1. The summed E-state index contributed by atoms with van der Waals surface area (Å²) in [5.74, 6) is -2.31. The van der Waals surface area contributed by atoms with E-state index in [-0.39, 0.29) is 0 Å². The van der Waals surface area contributed by atoms with Crippen molar-refractivity contribution in [1.82, 2.24) is 5.06 Å². The van der Waals surface area contributed by atoms with E-state index >= 15 is 0 Å². The normalized spacial score (nSPS) is 12.0. The molecule has 0 saturated carbocycles. The highest BCUT2D eigenvalue weighted by atomic mass is 19.1. The van der Waals surface area contributed by atoms with Crippen molar-refractivity contribution in [3.05, 3.63) is 11.9 Å². The summed E-state index contributed by atoms with van der Waals surface area (Å²) < 4.78 is 17.6. The number of hydrogen-bond donors (Lipinski definition) is 0. The van der Waals surface area contributed by atoms with E-state index in [2.05, 4.69) is 4.84 Å². The highest BCUT2D eigenvalue weighted by Gasteiger charge is 2.23. The van der Waals surface area contributed by atoms with Crippen molar-refractivity contribution in [2.75, 3.05) is 7.05 Å². The van der Waals surface area contributed by atoms with Gasteiger partial charge in [-0.1, -0.05) is 0 Å². The van der Waals surface area contributed by atoms with Gasteiger partial charge in [0.05, 0.1) is 7.05 Å². The fourth-order valence-corrected chi connectivity index (χ4v) is 0.649. The number of carbonyl (C=O) groups is 2. The van der Waals surface area contributed by atoms with Crippen LogP contribution in [0.2, 0.25) is 0 Å². The minimum Gasteiger partial charge on any atom is -0.442 e. The Hall–Kier alpha value is -1.59. The van der Waals surface area contributed by atoms with E-state index in [0.717, 1.165) is 13.1 Å². The second kappa shape index (κ2) is 5.48. The lowest BCUT2D eigenvalue weighted by Crippen LogP contribution is -2.35. The van der Waals surface area contributed by atoms with Crippen molar-refractivity contribution in [2.45, 2.75) is 33.3 Å². The van der Waals surface area contributed by atoms with Crippen molar-refractivity contribution in [1.29, 1.82) is 0 Å².